The molecule has 1 aromatic rings. The van der Waals surface area contributed by atoms with Gasteiger partial charge in [0.2, 0.25) is 5.91 Å². The molecule has 0 spiro atoms. The molecule has 0 unspecified atom stereocenters. The summed E-state index contributed by atoms with van der Waals surface area (Å²) < 4.78 is 0. The molecule has 2 amide bonds. The van der Waals surface area contributed by atoms with Crippen molar-refractivity contribution in [3.8, 4) is 6.07 Å². The number of rotatable bonds is 3. The van der Waals surface area contributed by atoms with Crippen molar-refractivity contribution in [2.24, 2.45) is 5.73 Å². The van der Waals surface area contributed by atoms with E-state index < -0.39 is 0 Å². The van der Waals surface area contributed by atoms with Crippen molar-refractivity contribution in [2.45, 2.75) is 0 Å². The number of piperazine rings is 1. The van der Waals surface area contributed by atoms with Gasteiger partial charge in [0.25, 0.3) is 5.91 Å². The van der Waals surface area contributed by atoms with E-state index in [9.17, 15) is 9.59 Å². The summed E-state index contributed by atoms with van der Waals surface area (Å²) in [4.78, 5) is 26.8. The zero-order chi connectivity index (χ0) is 14.5. The summed E-state index contributed by atoms with van der Waals surface area (Å²) in [5.74, 6) is -0.438. The van der Waals surface area contributed by atoms with Crippen LogP contribution in [-0.4, -0.2) is 54.3 Å². The van der Waals surface area contributed by atoms with Gasteiger partial charge in [-0.3, -0.25) is 14.5 Å². The molecule has 1 aliphatic rings. The number of hydrogen-bond donors (Lipinski definition) is 1. The minimum Gasteiger partial charge on any atom is -0.369 e. The van der Waals surface area contributed by atoms with E-state index >= 15 is 0 Å². The zero-order valence-electron chi connectivity index (χ0n) is 11.1. The number of amides is 2. The molecule has 20 heavy (non-hydrogen) atoms. The molecule has 1 saturated heterocycles. The molecule has 1 heterocycles. The van der Waals surface area contributed by atoms with Crippen LogP contribution in [0.2, 0.25) is 0 Å². The molecule has 0 bridgehead atoms. The molecule has 1 aliphatic heterocycles. The second-order valence-corrected chi connectivity index (χ2v) is 4.73. The Bertz CT molecular complexity index is 557. The van der Waals surface area contributed by atoms with Crippen LogP contribution in [0.4, 0.5) is 0 Å². The largest absolute Gasteiger partial charge is 0.369 e. The highest BCUT2D eigenvalue weighted by Gasteiger charge is 2.22. The van der Waals surface area contributed by atoms with Crippen molar-refractivity contribution >= 4 is 11.8 Å². The zero-order valence-corrected chi connectivity index (χ0v) is 11.1. The quantitative estimate of drug-likeness (QED) is 0.825. The third-order valence-corrected chi connectivity index (χ3v) is 3.28. The van der Waals surface area contributed by atoms with Crippen LogP contribution < -0.4 is 5.73 Å². The minimum absolute atomic E-state index is 0.0826. The van der Waals surface area contributed by atoms with Crippen molar-refractivity contribution in [3.05, 3.63) is 35.4 Å². The van der Waals surface area contributed by atoms with Crippen molar-refractivity contribution in [3.63, 3.8) is 0 Å². The number of nitrogens with zero attached hydrogens (tertiary/aromatic N) is 3. The number of primary amides is 1. The summed E-state index contributed by atoms with van der Waals surface area (Å²) in [6.07, 6.45) is 0. The molecule has 2 rings (SSSR count). The third kappa shape index (κ3) is 3.33. The highest BCUT2D eigenvalue weighted by atomic mass is 16.2. The predicted octanol–water partition coefficient (Wildman–Crippen LogP) is -0.199. The van der Waals surface area contributed by atoms with Gasteiger partial charge >= 0.3 is 0 Å². The van der Waals surface area contributed by atoms with Crippen molar-refractivity contribution in [1.29, 1.82) is 5.26 Å². The standard InChI is InChI=1S/C14H16N4O2/c15-9-11-2-1-3-12(8-11)14(20)18-6-4-17(5-7-18)10-13(16)19/h1-3,8H,4-7,10H2,(H2,16,19). The summed E-state index contributed by atoms with van der Waals surface area (Å²) in [5, 5.41) is 8.85. The van der Waals surface area contributed by atoms with Gasteiger partial charge in [-0.25, -0.2) is 0 Å². The fourth-order valence-corrected chi connectivity index (χ4v) is 2.23. The summed E-state index contributed by atoms with van der Waals surface area (Å²) in [6.45, 7) is 2.61. The van der Waals surface area contributed by atoms with Gasteiger partial charge in [-0.15, -0.1) is 0 Å². The fourth-order valence-electron chi connectivity index (χ4n) is 2.23. The average molecular weight is 272 g/mol. The first-order chi connectivity index (χ1) is 9.60. The molecule has 6 heteroatoms. The molecule has 0 radical (unpaired) electrons. The molecule has 0 aromatic heterocycles. The van der Waals surface area contributed by atoms with Gasteiger partial charge in [0.1, 0.15) is 0 Å². The molecule has 2 N–H and O–H groups in total. The van der Waals surface area contributed by atoms with Gasteiger partial charge in [0.15, 0.2) is 0 Å². The minimum atomic E-state index is -0.355. The Kier molecular flexibility index (Phi) is 4.33. The van der Waals surface area contributed by atoms with Gasteiger partial charge in [0.05, 0.1) is 18.2 Å². The highest BCUT2D eigenvalue weighted by Crippen LogP contribution is 2.10. The van der Waals surface area contributed by atoms with E-state index in [1.807, 2.05) is 11.0 Å². The lowest BCUT2D eigenvalue weighted by Gasteiger charge is -2.34. The number of carbonyl (C=O) groups is 2. The molecule has 1 fully saturated rings. The number of benzene rings is 1. The Balaban J connectivity index is 1.98. The van der Waals surface area contributed by atoms with E-state index in [2.05, 4.69) is 0 Å². The van der Waals surface area contributed by atoms with E-state index in [1.54, 1.807) is 29.2 Å². The van der Waals surface area contributed by atoms with Gasteiger partial charge in [-0.05, 0) is 18.2 Å². The molecule has 0 atom stereocenters. The predicted molar refractivity (Wildman–Crippen MR) is 72.7 cm³/mol. The Hall–Kier alpha value is -2.39. The van der Waals surface area contributed by atoms with Crippen LogP contribution in [0.25, 0.3) is 0 Å². The Labute approximate surface area is 117 Å². The number of carbonyl (C=O) groups excluding carboxylic acids is 2. The van der Waals surface area contributed by atoms with Crippen LogP contribution in [-0.2, 0) is 4.79 Å². The molecular formula is C14H16N4O2. The number of nitriles is 1. The van der Waals surface area contributed by atoms with Crippen molar-refractivity contribution in [1.82, 2.24) is 9.80 Å². The summed E-state index contributed by atoms with van der Waals surface area (Å²) in [6, 6.07) is 8.70. The average Bonchev–Trinajstić information content (AvgIpc) is 2.47. The molecule has 1 aromatic carbocycles. The lowest BCUT2D eigenvalue weighted by Crippen LogP contribution is -2.50. The summed E-state index contributed by atoms with van der Waals surface area (Å²) in [7, 11) is 0. The monoisotopic (exact) mass is 272 g/mol. The Morgan fingerprint density at radius 2 is 1.95 bits per heavy atom. The first-order valence-corrected chi connectivity index (χ1v) is 6.40. The maximum Gasteiger partial charge on any atom is 0.253 e. The van der Waals surface area contributed by atoms with Crippen LogP contribution in [0.3, 0.4) is 0 Å². The highest BCUT2D eigenvalue weighted by molar-refractivity contribution is 5.94. The smallest absolute Gasteiger partial charge is 0.253 e. The lowest BCUT2D eigenvalue weighted by molar-refractivity contribution is -0.119. The molecular weight excluding hydrogens is 256 g/mol. The van der Waals surface area contributed by atoms with Crippen LogP contribution in [0.1, 0.15) is 15.9 Å². The molecule has 6 nitrogen and oxygen atoms in total. The number of nitrogens with two attached hydrogens (primary N) is 1. The van der Waals surface area contributed by atoms with E-state index in [-0.39, 0.29) is 18.4 Å². The van der Waals surface area contributed by atoms with Gasteiger partial charge in [-0.1, -0.05) is 6.07 Å². The summed E-state index contributed by atoms with van der Waals surface area (Å²) >= 11 is 0. The maximum absolute atomic E-state index is 12.3. The van der Waals surface area contributed by atoms with Gasteiger partial charge < -0.3 is 10.6 Å². The second-order valence-electron chi connectivity index (χ2n) is 4.73. The molecule has 0 aliphatic carbocycles. The van der Waals surface area contributed by atoms with E-state index in [4.69, 9.17) is 11.0 Å². The molecule has 0 saturated carbocycles. The molecule has 104 valence electrons. The lowest BCUT2D eigenvalue weighted by atomic mass is 10.1. The van der Waals surface area contributed by atoms with Crippen LogP contribution in [0.5, 0.6) is 0 Å². The summed E-state index contributed by atoms with van der Waals surface area (Å²) in [5.41, 5.74) is 6.14. The fraction of sp³-hybridized carbons (Fsp3) is 0.357. The third-order valence-electron chi connectivity index (χ3n) is 3.28. The van der Waals surface area contributed by atoms with E-state index in [1.165, 1.54) is 0 Å². The van der Waals surface area contributed by atoms with Gasteiger partial charge in [-0.2, -0.15) is 5.26 Å². The second kappa shape index (κ2) is 6.17. The normalized spacial score (nSPS) is 15.7. The van der Waals surface area contributed by atoms with Crippen LogP contribution in [0, 0.1) is 11.3 Å². The first-order valence-electron chi connectivity index (χ1n) is 6.40. The van der Waals surface area contributed by atoms with E-state index in [0.29, 0.717) is 37.3 Å². The van der Waals surface area contributed by atoms with Crippen LogP contribution >= 0.6 is 0 Å². The van der Waals surface area contributed by atoms with Crippen molar-refractivity contribution in [2.75, 3.05) is 32.7 Å². The SMILES string of the molecule is N#Cc1cccc(C(=O)N2CCN(CC(N)=O)CC2)c1. The Morgan fingerprint density at radius 1 is 1.25 bits per heavy atom. The maximum atomic E-state index is 12.3. The van der Waals surface area contributed by atoms with Gasteiger partial charge in [0, 0.05) is 31.7 Å². The van der Waals surface area contributed by atoms with E-state index in [0.717, 1.165) is 0 Å². The van der Waals surface area contributed by atoms with Crippen molar-refractivity contribution < 1.29 is 9.59 Å². The first kappa shape index (κ1) is 14.0. The number of hydrogen-bond acceptors (Lipinski definition) is 4. The Morgan fingerprint density at radius 3 is 2.55 bits per heavy atom. The topological polar surface area (TPSA) is 90.4 Å². The van der Waals surface area contributed by atoms with Crippen LogP contribution in [0.15, 0.2) is 24.3 Å².